The second-order valence-electron chi connectivity index (χ2n) is 7.32. The van der Waals surface area contributed by atoms with Crippen LogP contribution in [0.4, 0.5) is 0 Å². The number of hydrogen-bond donors (Lipinski definition) is 2. The highest BCUT2D eigenvalue weighted by Gasteiger charge is 2.14. The van der Waals surface area contributed by atoms with E-state index in [4.69, 9.17) is 9.15 Å². The first-order valence-corrected chi connectivity index (χ1v) is 10.5. The molecule has 0 aliphatic heterocycles. The second kappa shape index (κ2) is 10.3. The molecule has 9 heteroatoms. The van der Waals surface area contributed by atoms with Crippen LogP contribution in [0.15, 0.2) is 83.4 Å². The van der Waals surface area contributed by atoms with Gasteiger partial charge in [0.1, 0.15) is 5.75 Å². The van der Waals surface area contributed by atoms with E-state index >= 15 is 0 Å². The maximum absolute atomic E-state index is 12.6. The molecule has 0 saturated carbocycles. The topological polar surface area (TPSA) is 120 Å². The smallest absolute Gasteiger partial charge is 0.337 e. The largest absolute Gasteiger partial charge is 0.497 e. The standard InChI is InChI=1S/C26H21N3O6/c1-33-21-12-10-16(11-13-21)22-15-27-25(35-22)20-5-3-4-19(14-20)24(31)29-28-23(30)17-6-8-18(9-7-17)26(32)34-2/h3-15H,1-2H3,(H,28,30)(H,29,31). The van der Waals surface area contributed by atoms with Crippen molar-refractivity contribution in [2.45, 2.75) is 0 Å². The van der Waals surface area contributed by atoms with Crippen molar-refractivity contribution in [3.05, 3.63) is 95.7 Å². The van der Waals surface area contributed by atoms with E-state index < -0.39 is 17.8 Å². The average molecular weight is 471 g/mol. The fourth-order valence-corrected chi connectivity index (χ4v) is 3.22. The van der Waals surface area contributed by atoms with E-state index in [-0.39, 0.29) is 5.56 Å². The summed E-state index contributed by atoms with van der Waals surface area (Å²) in [6.07, 6.45) is 1.61. The van der Waals surface area contributed by atoms with E-state index in [2.05, 4.69) is 20.6 Å². The molecular weight excluding hydrogens is 450 g/mol. The van der Waals surface area contributed by atoms with Gasteiger partial charge in [-0.15, -0.1) is 0 Å². The van der Waals surface area contributed by atoms with Crippen LogP contribution in [0, 0.1) is 0 Å². The molecule has 0 aliphatic rings. The number of ether oxygens (including phenoxy) is 2. The maximum atomic E-state index is 12.6. The van der Waals surface area contributed by atoms with Crippen molar-refractivity contribution in [2.75, 3.05) is 14.2 Å². The zero-order valence-electron chi connectivity index (χ0n) is 18.9. The van der Waals surface area contributed by atoms with Crippen molar-refractivity contribution in [1.29, 1.82) is 0 Å². The van der Waals surface area contributed by atoms with Crippen LogP contribution < -0.4 is 15.6 Å². The lowest BCUT2D eigenvalue weighted by molar-refractivity contribution is 0.0600. The van der Waals surface area contributed by atoms with Crippen LogP contribution in [0.3, 0.4) is 0 Å². The van der Waals surface area contributed by atoms with Crippen LogP contribution in [0.1, 0.15) is 31.1 Å². The molecule has 4 rings (SSSR count). The van der Waals surface area contributed by atoms with Crippen LogP contribution in [-0.4, -0.2) is 37.0 Å². The number of esters is 1. The highest BCUT2D eigenvalue weighted by Crippen LogP contribution is 2.27. The lowest BCUT2D eigenvalue weighted by Crippen LogP contribution is -2.41. The first-order valence-electron chi connectivity index (χ1n) is 10.5. The molecule has 0 radical (unpaired) electrons. The van der Waals surface area contributed by atoms with Gasteiger partial charge in [0.2, 0.25) is 5.89 Å². The highest BCUT2D eigenvalue weighted by atomic mass is 16.5. The summed E-state index contributed by atoms with van der Waals surface area (Å²) in [7, 11) is 2.87. The monoisotopic (exact) mass is 471 g/mol. The van der Waals surface area contributed by atoms with Crippen molar-refractivity contribution in [3.8, 4) is 28.5 Å². The number of rotatable bonds is 6. The van der Waals surface area contributed by atoms with E-state index in [0.29, 0.717) is 28.3 Å². The lowest BCUT2D eigenvalue weighted by Gasteiger charge is -2.08. The number of aromatic nitrogens is 1. The first-order chi connectivity index (χ1) is 17.0. The number of nitrogens with zero attached hydrogens (tertiary/aromatic N) is 1. The molecule has 0 bridgehead atoms. The fraction of sp³-hybridized carbons (Fsp3) is 0.0769. The van der Waals surface area contributed by atoms with Gasteiger partial charge < -0.3 is 13.9 Å². The molecule has 2 amide bonds. The number of carbonyl (C=O) groups excluding carboxylic acids is 3. The number of methoxy groups -OCH3 is 2. The zero-order chi connectivity index (χ0) is 24.8. The minimum absolute atomic E-state index is 0.262. The van der Waals surface area contributed by atoms with Gasteiger partial charge >= 0.3 is 5.97 Å². The van der Waals surface area contributed by atoms with Crippen molar-refractivity contribution in [1.82, 2.24) is 15.8 Å². The Labute approximate surface area is 200 Å². The van der Waals surface area contributed by atoms with Gasteiger partial charge in [0.05, 0.1) is 26.0 Å². The van der Waals surface area contributed by atoms with Gasteiger partial charge in [0.25, 0.3) is 11.8 Å². The number of benzene rings is 3. The first kappa shape index (κ1) is 23.2. The predicted molar refractivity (Wildman–Crippen MR) is 127 cm³/mol. The van der Waals surface area contributed by atoms with Gasteiger partial charge in [-0.3, -0.25) is 20.4 Å². The molecular formula is C26H21N3O6. The second-order valence-corrected chi connectivity index (χ2v) is 7.32. The summed E-state index contributed by atoms with van der Waals surface area (Å²) < 4.78 is 15.7. The van der Waals surface area contributed by atoms with Gasteiger partial charge in [-0.05, 0) is 66.7 Å². The van der Waals surface area contributed by atoms with Gasteiger partial charge in [-0.1, -0.05) is 6.07 Å². The third kappa shape index (κ3) is 5.36. The third-order valence-electron chi connectivity index (χ3n) is 5.11. The molecule has 176 valence electrons. The third-order valence-corrected chi connectivity index (χ3v) is 5.11. The molecule has 4 aromatic rings. The molecule has 1 aromatic heterocycles. The van der Waals surface area contributed by atoms with Crippen LogP contribution >= 0.6 is 0 Å². The molecule has 3 aromatic carbocycles. The quantitative estimate of drug-likeness (QED) is 0.323. The van der Waals surface area contributed by atoms with E-state index in [1.54, 1.807) is 37.6 Å². The minimum Gasteiger partial charge on any atom is -0.497 e. The number of nitrogens with one attached hydrogen (secondary N) is 2. The number of amides is 2. The molecule has 0 spiro atoms. The molecule has 0 unspecified atom stereocenters. The summed E-state index contributed by atoms with van der Waals surface area (Å²) in [6.45, 7) is 0. The number of oxazole rings is 1. The molecule has 2 N–H and O–H groups in total. The van der Waals surface area contributed by atoms with Gasteiger partial charge in [0.15, 0.2) is 5.76 Å². The Morgan fingerprint density at radius 2 is 1.43 bits per heavy atom. The van der Waals surface area contributed by atoms with Crippen LogP contribution in [0.2, 0.25) is 0 Å². The molecule has 1 heterocycles. The van der Waals surface area contributed by atoms with Crippen molar-refractivity contribution < 1.29 is 28.3 Å². The van der Waals surface area contributed by atoms with E-state index in [0.717, 1.165) is 11.3 Å². The maximum Gasteiger partial charge on any atom is 0.337 e. The Morgan fingerprint density at radius 1 is 0.771 bits per heavy atom. The average Bonchev–Trinajstić information content (AvgIpc) is 3.42. The number of hydrogen-bond acceptors (Lipinski definition) is 7. The summed E-state index contributed by atoms with van der Waals surface area (Å²) in [5.41, 5.74) is 7.03. The Hall–Kier alpha value is -4.92. The van der Waals surface area contributed by atoms with Gasteiger partial charge in [-0.2, -0.15) is 0 Å². The summed E-state index contributed by atoms with van der Waals surface area (Å²) in [6, 6.07) is 19.9. The number of hydrazine groups is 1. The normalized spacial score (nSPS) is 10.3. The Kier molecular flexibility index (Phi) is 6.87. The molecule has 0 fully saturated rings. The fourth-order valence-electron chi connectivity index (χ4n) is 3.22. The summed E-state index contributed by atoms with van der Waals surface area (Å²) in [4.78, 5) is 40.7. The van der Waals surface area contributed by atoms with Crippen molar-refractivity contribution in [3.63, 3.8) is 0 Å². The summed E-state index contributed by atoms with van der Waals surface area (Å²) in [5.74, 6) is 0.0871. The predicted octanol–water partition coefficient (Wildman–Crippen LogP) is 3.88. The van der Waals surface area contributed by atoms with Crippen LogP contribution in [0.5, 0.6) is 5.75 Å². The molecule has 9 nitrogen and oxygen atoms in total. The summed E-state index contributed by atoms with van der Waals surface area (Å²) >= 11 is 0. The molecule has 0 aliphatic carbocycles. The van der Waals surface area contributed by atoms with Crippen LogP contribution in [-0.2, 0) is 4.74 Å². The molecule has 0 saturated heterocycles. The summed E-state index contributed by atoms with van der Waals surface area (Å²) in [5, 5.41) is 0. The zero-order valence-corrected chi connectivity index (χ0v) is 18.9. The van der Waals surface area contributed by atoms with E-state index in [1.807, 2.05) is 24.3 Å². The van der Waals surface area contributed by atoms with Gasteiger partial charge in [0, 0.05) is 22.3 Å². The minimum atomic E-state index is -0.539. The van der Waals surface area contributed by atoms with Crippen molar-refractivity contribution >= 4 is 17.8 Å². The Morgan fingerprint density at radius 3 is 2.09 bits per heavy atom. The number of carbonyl (C=O) groups is 3. The molecule has 0 atom stereocenters. The SMILES string of the molecule is COC(=O)c1ccc(C(=O)NNC(=O)c2cccc(-c3ncc(-c4ccc(OC)cc4)o3)c2)cc1. The molecule has 35 heavy (non-hydrogen) atoms. The van der Waals surface area contributed by atoms with Gasteiger partial charge in [-0.25, -0.2) is 9.78 Å². The highest BCUT2D eigenvalue weighted by molar-refractivity contribution is 6.00. The Balaban J connectivity index is 1.41. The Bertz CT molecular complexity index is 1360. The lowest BCUT2D eigenvalue weighted by atomic mass is 10.1. The van der Waals surface area contributed by atoms with Crippen molar-refractivity contribution in [2.24, 2.45) is 0 Å². The van der Waals surface area contributed by atoms with E-state index in [9.17, 15) is 14.4 Å². The van der Waals surface area contributed by atoms with E-state index in [1.165, 1.54) is 31.4 Å². The van der Waals surface area contributed by atoms with Crippen LogP contribution in [0.25, 0.3) is 22.8 Å².